The van der Waals surface area contributed by atoms with Gasteiger partial charge in [-0.1, -0.05) is 12.1 Å². The van der Waals surface area contributed by atoms with Gasteiger partial charge >= 0.3 is 0 Å². The molecular weight excluding hydrogens is 391 g/mol. The smallest absolute Gasteiger partial charge is 0.271 e. The molecule has 2 aromatic heterocycles. The minimum Gasteiger partial charge on any atom is -0.343 e. The number of nitrogens with zero attached hydrogens (tertiary/aromatic N) is 3. The highest BCUT2D eigenvalue weighted by Gasteiger charge is 2.17. The van der Waals surface area contributed by atoms with Crippen LogP contribution < -0.4 is 5.32 Å². The average molecular weight is 408 g/mol. The molecule has 4 aromatic rings. The Morgan fingerprint density at radius 1 is 1.14 bits per heavy atom. The Labute approximate surface area is 170 Å². The second-order valence-electron chi connectivity index (χ2n) is 6.64. The van der Waals surface area contributed by atoms with Gasteiger partial charge in [0.05, 0.1) is 5.69 Å². The van der Waals surface area contributed by atoms with E-state index in [9.17, 15) is 14.0 Å². The number of hydrogen-bond acceptors (Lipinski definition) is 4. The van der Waals surface area contributed by atoms with Crippen molar-refractivity contribution in [2.24, 2.45) is 0 Å². The molecule has 2 aromatic carbocycles. The monoisotopic (exact) mass is 408 g/mol. The fraction of sp³-hybridized carbons (Fsp3) is 0.0952. The quantitative estimate of drug-likeness (QED) is 0.552. The van der Waals surface area contributed by atoms with Gasteiger partial charge in [0.25, 0.3) is 11.8 Å². The summed E-state index contributed by atoms with van der Waals surface area (Å²) >= 11 is 1.39. The fourth-order valence-corrected chi connectivity index (χ4v) is 3.71. The summed E-state index contributed by atoms with van der Waals surface area (Å²) in [5.41, 5.74) is 3.02. The summed E-state index contributed by atoms with van der Waals surface area (Å²) in [4.78, 5) is 31.5. The lowest BCUT2D eigenvalue weighted by Crippen LogP contribution is -2.22. The number of carbonyl (C=O) groups excluding carboxylic acids is 2. The molecule has 4 rings (SSSR count). The van der Waals surface area contributed by atoms with Gasteiger partial charge < -0.3 is 10.2 Å². The van der Waals surface area contributed by atoms with Gasteiger partial charge in [-0.3, -0.25) is 14.0 Å². The summed E-state index contributed by atoms with van der Waals surface area (Å²) < 4.78 is 14.8. The highest BCUT2D eigenvalue weighted by atomic mass is 32.1. The van der Waals surface area contributed by atoms with E-state index in [1.54, 1.807) is 36.0 Å². The molecule has 2 amide bonds. The Bertz CT molecular complexity index is 1210. The highest BCUT2D eigenvalue weighted by Crippen LogP contribution is 2.26. The first-order chi connectivity index (χ1) is 13.9. The molecule has 146 valence electrons. The van der Waals surface area contributed by atoms with Crippen molar-refractivity contribution < 1.29 is 14.0 Å². The summed E-state index contributed by atoms with van der Waals surface area (Å²) in [5, 5.41) is 4.59. The molecule has 1 N–H and O–H groups in total. The molecule has 29 heavy (non-hydrogen) atoms. The number of carbonyl (C=O) groups is 2. The lowest BCUT2D eigenvalue weighted by atomic mass is 10.1. The van der Waals surface area contributed by atoms with Crippen LogP contribution in [0.5, 0.6) is 0 Å². The van der Waals surface area contributed by atoms with E-state index in [1.165, 1.54) is 40.5 Å². The molecule has 2 heterocycles. The molecule has 0 saturated heterocycles. The molecule has 0 bridgehead atoms. The number of halogens is 1. The van der Waals surface area contributed by atoms with Gasteiger partial charge in [-0.2, -0.15) is 0 Å². The Balaban J connectivity index is 1.61. The fourth-order valence-electron chi connectivity index (χ4n) is 2.87. The molecule has 0 fully saturated rings. The molecule has 8 heteroatoms. The second kappa shape index (κ2) is 7.48. The van der Waals surface area contributed by atoms with Gasteiger partial charge in [0.1, 0.15) is 11.5 Å². The zero-order valence-electron chi connectivity index (χ0n) is 15.7. The molecule has 0 unspecified atom stereocenters. The second-order valence-corrected chi connectivity index (χ2v) is 7.48. The van der Waals surface area contributed by atoms with Crippen LogP contribution >= 0.6 is 11.3 Å². The number of aromatic nitrogens is 2. The van der Waals surface area contributed by atoms with Gasteiger partial charge in [-0.25, -0.2) is 9.37 Å². The lowest BCUT2D eigenvalue weighted by molar-refractivity contribution is 0.0821. The Morgan fingerprint density at radius 2 is 1.90 bits per heavy atom. The third kappa shape index (κ3) is 3.74. The number of rotatable bonds is 4. The van der Waals surface area contributed by atoms with Crippen molar-refractivity contribution in [1.82, 2.24) is 14.3 Å². The number of imidazole rings is 1. The Hall–Kier alpha value is -3.52. The predicted octanol–water partition coefficient (Wildman–Crippen LogP) is 4.16. The standard InChI is InChI=1S/C21H17FN4O2S/c1-25(2)20(28)18-12-29-21-24-17(11-26(18)21)14-4-3-5-16(10-14)23-19(27)13-6-8-15(22)9-7-13/h3-12H,1-2H3,(H,23,27). The maximum atomic E-state index is 13.0. The van der Waals surface area contributed by atoms with E-state index in [2.05, 4.69) is 10.3 Å². The topological polar surface area (TPSA) is 66.7 Å². The SMILES string of the molecule is CN(C)C(=O)c1csc2nc(-c3cccc(NC(=O)c4ccc(F)cc4)c3)cn12. The first kappa shape index (κ1) is 18.8. The Morgan fingerprint density at radius 3 is 2.62 bits per heavy atom. The molecule has 0 aliphatic heterocycles. The minimum atomic E-state index is -0.393. The van der Waals surface area contributed by atoms with Crippen LogP contribution in [0.2, 0.25) is 0 Å². The molecule has 0 radical (unpaired) electrons. The predicted molar refractivity (Wildman–Crippen MR) is 111 cm³/mol. The zero-order chi connectivity index (χ0) is 20.5. The molecule has 0 aliphatic carbocycles. The number of nitrogens with one attached hydrogen (secondary N) is 1. The molecule has 0 saturated carbocycles. The summed E-state index contributed by atoms with van der Waals surface area (Å²) in [6.45, 7) is 0. The van der Waals surface area contributed by atoms with E-state index in [0.29, 0.717) is 27.6 Å². The van der Waals surface area contributed by atoms with Crippen LogP contribution in [0.25, 0.3) is 16.2 Å². The van der Waals surface area contributed by atoms with Crippen molar-refractivity contribution in [3.05, 3.63) is 77.2 Å². The van der Waals surface area contributed by atoms with Crippen LogP contribution in [0.3, 0.4) is 0 Å². The minimum absolute atomic E-state index is 0.0967. The van der Waals surface area contributed by atoms with Gasteiger partial charge in [0, 0.05) is 42.5 Å². The summed E-state index contributed by atoms with van der Waals surface area (Å²) in [5.74, 6) is -0.817. The van der Waals surface area contributed by atoms with Crippen LogP contribution in [-0.2, 0) is 0 Å². The molecule has 0 atom stereocenters. The molecule has 0 spiro atoms. The largest absolute Gasteiger partial charge is 0.343 e. The van der Waals surface area contributed by atoms with Gasteiger partial charge in [0.15, 0.2) is 4.96 Å². The van der Waals surface area contributed by atoms with E-state index < -0.39 is 5.82 Å². The number of fused-ring (bicyclic) bond motifs is 1. The van der Waals surface area contributed by atoms with E-state index in [4.69, 9.17) is 0 Å². The third-order valence-electron chi connectivity index (χ3n) is 4.36. The van der Waals surface area contributed by atoms with Crippen molar-refractivity contribution in [1.29, 1.82) is 0 Å². The zero-order valence-corrected chi connectivity index (χ0v) is 16.5. The van der Waals surface area contributed by atoms with Crippen molar-refractivity contribution in [2.45, 2.75) is 0 Å². The van der Waals surface area contributed by atoms with Gasteiger partial charge in [0.2, 0.25) is 0 Å². The lowest BCUT2D eigenvalue weighted by Gasteiger charge is -2.08. The van der Waals surface area contributed by atoms with Crippen LogP contribution in [-0.4, -0.2) is 40.2 Å². The number of hydrogen-bond donors (Lipinski definition) is 1. The number of amides is 2. The maximum Gasteiger partial charge on any atom is 0.271 e. The van der Waals surface area contributed by atoms with Crippen LogP contribution in [0.15, 0.2) is 60.1 Å². The van der Waals surface area contributed by atoms with Gasteiger partial charge in [-0.05, 0) is 36.4 Å². The van der Waals surface area contributed by atoms with E-state index in [-0.39, 0.29) is 11.8 Å². The summed E-state index contributed by atoms with van der Waals surface area (Å²) in [6, 6.07) is 12.6. The number of benzene rings is 2. The number of anilines is 1. The molecule has 6 nitrogen and oxygen atoms in total. The van der Waals surface area contributed by atoms with E-state index in [0.717, 1.165) is 5.56 Å². The van der Waals surface area contributed by atoms with Crippen molar-refractivity contribution >= 4 is 33.8 Å². The molecular formula is C21H17FN4O2S. The van der Waals surface area contributed by atoms with Gasteiger partial charge in [-0.15, -0.1) is 11.3 Å². The van der Waals surface area contributed by atoms with Crippen molar-refractivity contribution in [3.63, 3.8) is 0 Å². The van der Waals surface area contributed by atoms with E-state index >= 15 is 0 Å². The highest BCUT2D eigenvalue weighted by molar-refractivity contribution is 7.15. The Kier molecular flexibility index (Phi) is 4.85. The van der Waals surface area contributed by atoms with Crippen LogP contribution in [0.4, 0.5) is 10.1 Å². The van der Waals surface area contributed by atoms with E-state index in [1.807, 2.05) is 18.3 Å². The number of thiazole rings is 1. The van der Waals surface area contributed by atoms with Crippen LogP contribution in [0.1, 0.15) is 20.8 Å². The first-order valence-corrected chi connectivity index (χ1v) is 9.66. The van der Waals surface area contributed by atoms with Crippen LogP contribution in [0, 0.1) is 5.82 Å². The average Bonchev–Trinajstić information content (AvgIpc) is 3.29. The molecule has 0 aliphatic rings. The maximum absolute atomic E-state index is 13.0. The normalized spacial score (nSPS) is 10.9. The third-order valence-corrected chi connectivity index (χ3v) is 5.20. The summed E-state index contributed by atoms with van der Waals surface area (Å²) in [6.07, 6.45) is 1.81. The van der Waals surface area contributed by atoms with Crippen molar-refractivity contribution in [2.75, 3.05) is 19.4 Å². The first-order valence-electron chi connectivity index (χ1n) is 8.78. The van der Waals surface area contributed by atoms with Crippen molar-refractivity contribution in [3.8, 4) is 11.3 Å². The summed E-state index contributed by atoms with van der Waals surface area (Å²) in [7, 11) is 3.41.